The maximum atomic E-state index is 13.7. The van der Waals surface area contributed by atoms with E-state index in [1.807, 2.05) is 6.07 Å². The Morgan fingerprint density at radius 3 is 2.73 bits per heavy atom. The Morgan fingerprint density at radius 1 is 1.32 bits per heavy atom. The largest absolute Gasteiger partial charge is 0.315 e. The summed E-state index contributed by atoms with van der Waals surface area (Å²) in [4.78, 5) is 12.2. The Labute approximate surface area is 132 Å². The molecular formula is C16H16FN3OS. The lowest BCUT2D eigenvalue weighted by atomic mass is 10.1. The van der Waals surface area contributed by atoms with Gasteiger partial charge >= 0.3 is 0 Å². The molecule has 2 N–H and O–H groups in total. The maximum Gasteiger partial charge on any atom is 0.241 e. The van der Waals surface area contributed by atoms with Crippen molar-refractivity contribution in [3.63, 3.8) is 0 Å². The summed E-state index contributed by atoms with van der Waals surface area (Å²) in [6, 6.07) is 9.30. The van der Waals surface area contributed by atoms with Crippen LogP contribution in [0, 0.1) is 17.1 Å². The van der Waals surface area contributed by atoms with Crippen LogP contribution in [0.25, 0.3) is 0 Å². The van der Waals surface area contributed by atoms with Crippen LogP contribution in [-0.4, -0.2) is 11.9 Å². The Kier molecular flexibility index (Phi) is 5.26. The van der Waals surface area contributed by atoms with Crippen LogP contribution in [0.15, 0.2) is 35.7 Å². The first-order valence-electron chi connectivity index (χ1n) is 6.82. The molecular weight excluding hydrogens is 301 g/mol. The molecule has 0 bridgehead atoms. The Balaban J connectivity index is 2.00. The van der Waals surface area contributed by atoms with E-state index in [1.165, 1.54) is 17.4 Å². The third-order valence-corrected chi connectivity index (χ3v) is 4.12. The van der Waals surface area contributed by atoms with Gasteiger partial charge in [0.25, 0.3) is 0 Å². The number of hydrogen-bond donors (Lipinski definition) is 2. The van der Waals surface area contributed by atoms with Crippen molar-refractivity contribution < 1.29 is 9.18 Å². The van der Waals surface area contributed by atoms with E-state index >= 15 is 0 Å². The third-order valence-electron chi connectivity index (χ3n) is 3.29. The molecule has 0 saturated heterocycles. The number of benzene rings is 1. The van der Waals surface area contributed by atoms with E-state index in [4.69, 9.17) is 5.26 Å². The fourth-order valence-electron chi connectivity index (χ4n) is 2.08. The zero-order valence-electron chi connectivity index (χ0n) is 12.3. The van der Waals surface area contributed by atoms with Crippen molar-refractivity contribution in [3.05, 3.63) is 52.7 Å². The molecule has 0 saturated carbocycles. The molecule has 2 unspecified atom stereocenters. The Hall–Kier alpha value is -2.23. The molecule has 22 heavy (non-hydrogen) atoms. The highest BCUT2D eigenvalue weighted by Gasteiger charge is 2.19. The van der Waals surface area contributed by atoms with E-state index in [1.54, 1.807) is 43.5 Å². The molecule has 1 aromatic heterocycles. The van der Waals surface area contributed by atoms with Gasteiger partial charge in [-0.2, -0.15) is 5.26 Å². The molecule has 0 aliphatic carbocycles. The lowest BCUT2D eigenvalue weighted by Crippen LogP contribution is -2.39. The number of anilines is 1. The van der Waals surface area contributed by atoms with Crippen LogP contribution < -0.4 is 10.6 Å². The average Bonchev–Trinajstić information content (AvgIpc) is 2.94. The van der Waals surface area contributed by atoms with Crippen molar-refractivity contribution in [1.82, 2.24) is 5.32 Å². The normalized spacial score (nSPS) is 13.2. The third kappa shape index (κ3) is 3.70. The van der Waals surface area contributed by atoms with Crippen molar-refractivity contribution >= 4 is 22.2 Å². The Bertz CT molecular complexity index is 707. The fraction of sp³-hybridized carbons (Fsp3) is 0.250. The van der Waals surface area contributed by atoms with Gasteiger partial charge in [0.1, 0.15) is 16.9 Å². The first-order chi connectivity index (χ1) is 10.5. The van der Waals surface area contributed by atoms with Crippen LogP contribution in [-0.2, 0) is 4.79 Å². The molecule has 0 spiro atoms. The molecule has 0 radical (unpaired) electrons. The monoisotopic (exact) mass is 317 g/mol. The zero-order valence-corrected chi connectivity index (χ0v) is 13.1. The minimum absolute atomic E-state index is 0.262. The molecule has 0 aliphatic rings. The SMILES string of the molecule is CC(NC(C)c1ccccc1F)C(=O)Nc1sccc1C#N. The summed E-state index contributed by atoms with van der Waals surface area (Å²) >= 11 is 1.30. The van der Waals surface area contributed by atoms with E-state index in [-0.39, 0.29) is 17.8 Å². The van der Waals surface area contributed by atoms with Crippen molar-refractivity contribution in [3.8, 4) is 6.07 Å². The number of carbonyl (C=O) groups is 1. The first-order valence-corrected chi connectivity index (χ1v) is 7.69. The fourth-order valence-corrected chi connectivity index (χ4v) is 2.82. The lowest BCUT2D eigenvalue weighted by molar-refractivity contribution is -0.117. The molecule has 2 rings (SSSR count). The van der Waals surface area contributed by atoms with E-state index < -0.39 is 6.04 Å². The first kappa shape index (κ1) is 16.1. The van der Waals surface area contributed by atoms with E-state index in [0.717, 1.165) is 0 Å². The molecule has 114 valence electrons. The van der Waals surface area contributed by atoms with Crippen LogP contribution in [0.4, 0.5) is 9.39 Å². The summed E-state index contributed by atoms with van der Waals surface area (Å²) in [5.41, 5.74) is 0.948. The molecule has 2 aromatic rings. The van der Waals surface area contributed by atoms with Gasteiger partial charge in [0.05, 0.1) is 11.6 Å². The second-order valence-electron chi connectivity index (χ2n) is 4.90. The number of amides is 1. The quantitative estimate of drug-likeness (QED) is 0.888. The van der Waals surface area contributed by atoms with Crippen molar-refractivity contribution in [1.29, 1.82) is 5.26 Å². The minimum Gasteiger partial charge on any atom is -0.315 e. The van der Waals surface area contributed by atoms with Crippen LogP contribution >= 0.6 is 11.3 Å². The van der Waals surface area contributed by atoms with Gasteiger partial charge in [-0.1, -0.05) is 18.2 Å². The average molecular weight is 317 g/mol. The number of nitrogens with zero attached hydrogens (tertiary/aromatic N) is 1. The van der Waals surface area contributed by atoms with Gasteiger partial charge in [0.2, 0.25) is 5.91 Å². The standard InChI is InChI=1S/C16H16FN3OS/c1-10(13-5-3-4-6-14(13)17)19-11(2)15(21)20-16-12(9-18)7-8-22-16/h3-8,10-11,19H,1-2H3,(H,20,21). The van der Waals surface area contributed by atoms with Crippen LogP contribution in [0.2, 0.25) is 0 Å². The molecule has 4 nitrogen and oxygen atoms in total. The molecule has 0 fully saturated rings. The summed E-state index contributed by atoms with van der Waals surface area (Å²) in [6.07, 6.45) is 0. The number of carbonyl (C=O) groups excluding carboxylic acids is 1. The second kappa shape index (κ2) is 7.16. The highest BCUT2D eigenvalue weighted by molar-refractivity contribution is 7.14. The lowest BCUT2D eigenvalue weighted by Gasteiger charge is -2.20. The van der Waals surface area contributed by atoms with Crippen LogP contribution in [0.5, 0.6) is 0 Å². The molecule has 1 heterocycles. The van der Waals surface area contributed by atoms with Crippen molar-refractivity contribution in [2.75, 3.05) is 5.32 Å². The summed E-state index contributed by atoms with van der Waals surface area (Å²) < 4.78 is 13.7. The van der Waals surface area contributed by atoms with Crippen molar-refractivity contribution in [2.45, 2.75) is 25.9 Å². The van der Waals surface area contributed by atoms with Gasteiger partial charge in [-0.05, 0) is 31.4 Å². The molecule has 1 aromatic carbocycles. The van der Waals surface area contributed by atoms with E-state index in [0.29, 0.717) is 16.1 Å². The number of nitrogens with one attached hydrogen (secondary N) is 2. The van der Waals surface area contributed by atoms with Gasteiger partial charge in [-0.25, -0.2) is 4.39 Å². The number of halogens is 1. The van der Waals surface area contributed by atoms with Gasteiger partial charge in [-0.3, -0.25) is 10.1 Å². The molecule has 2 atom stereocenters. The number of hydrogen-bond acceptors (Lipinski definition) is 4. The van der Waals surface area contributed by atoms with Gasteiger partial charge in [0.15, 0.2) is 0 Å². The van der Waals surface area contributed by atoms with Crippen molar-refractivity contribution in [2.24, 2.45) is 0 Å². The highest BCUT2D eigenvalue weighted by Crippen LogP contribution is 2.22. The molecule has 1 amide bonds. The maximum absolute atomic E-state index is 13.7. The van der Waals surface area contributed by atoms with E-state index in [9.17, 15) is 9.18 Å². The van der Waals surface area contributed by atoms with Crippen LogP contribution in [0.1, 0.15) is 31.0 Å². The zero-order chi connectivity index (χ0) is 16.1. The summed E-state index contributed by atoms with van der Waals surface area (Å²) in [5, 5.41) is 17.0. The van der Waals surface area contributed by atoms with Gasteiger partial charge in [0, 0.05) is 11.6 Å². The predicted molar refractivity (Wildman–Crippen MR) is 85.1 cm³/mol. The predicted octanol–water partition coefficient (Wildman–Crippen LogP) is 3.44. The number of rotatable bonds is 5. The summed E-state index contributed by atoms with van der Waals surface area (Å²) in [5.74, 6) is -0.567. The number of nitriles is 1. The highest BCUT2D eigenvalue weighted by atomic mass is 32.1. The van der Waals surface area contributed by atoms with Gasteiger partial charge in [-0.15, -0.1) is 11.3 Å². The summed E-state index contributed by atoms with van der Waals surface area (Å²) in [6.45, 7) is 3.50. The minimum atomic E-state index is -0.525. The smallest absolute Gasteiger partial charge is 0.241 e. The van der Waals surface area contributed by atoms with Gasteiger partial charge < -0.3 is 5.32 Å². The number of thiophene rings is 1. The molecule has 0 aliphatic heterocycles. The second-order valence-corrected chi connectivity index (χ2v) is 5.81. The van der Waals surface area contributed by atoms with Crippen LogP contribution in [0.3, 0.4) is 0 Å². The summed E-state index contributed by atoms with van der Waals surface area (Å²) in [7, 11) is 0. The molecule has 6 heteroatoms. The topological polar surface area (TPSA) is 64.9 Å². The Morgan fingerprint density at radius 2 is 2.05 bits per heavy atom. The van der Waals surface area contributed by atoms with E-state index in [2.05, 4.69) is 10.6 Å².